The van der Waals surface area contributed by atoms with Crippen molar-refractivity contribution < 1.29 is 14.0 Å². The molecule has 0 fully saturated rings. The first-order chi connectivity index (χ1) is 2.41. The highest BCUT2D eigenvalue weighted by Crippen LogP contribution is 1.27. The Morgan fingerprint density at radius 1 is 1.40 bits per heavy atom. The SMILES string of the molecule is O=C=O.[C]F. The van der Waals surface area contributed by atoms with Crippen molar-refractivity contribution in [3.05, 3.63) is 7.18 Å². The van der Waals surface area contributed by atoms with E-state index in [0.29, 0.717) is 0 Å². The van der Waals surface area contributed by atoms with Crippen LogP contribution < -0.4 is 0 Å². The van der Waals surface area contributed by atoms with Crippen LogP contribution in [0.5, 0.6) is 0 Å². The summed E-state index contributed by atoms with van der Waals surface area (Å²) in [7, 11) is 4.25. The molecule has 3 heteroatoms. The summed E-state index contributed by atoms with van der Waals surface area (Å²) < 4.78 is 8.75. The van der Waals surface area contributed by atoms with Crippen molar-refractivity contribution in [2.24, 2.45) is 0 Å². The Hall–Kier alpha value is -0.690. The third kappa shape index (κ3) is 11.9. The molecule has 0 amide bonds. The zero-order valence-electron chi connectivity index (χ0n) is 2.19. The molecule has 0 spiro atoms. The minimum atomic E-state index is 0.250. The molecule has 0 aromatic rings. The Labute approximate surface area is 28.6 Å². The summed E-state index contributed by atoms with van der Waals surface area (Å²) in [4.78, 5) is 16.2. The summed E-state index contributed by atoms with van der Waals surface area (Å²) in [5.74, 6) is 0. The van der Waals surface area contributed by atoms with Crippen molar-refractivity contribution in [3.8, 4) is 0 Å². The average molecular weight is 75.0 g/mol. The van der Waals surface area contributed by atoms with E-state index in [1.165, 1.54) is 0 Å². The maximum Gasteiger partial charge on any atom is 0.373 e. The van der Waals surface area contributed by atoms with Gasteiger partial charge in [0, 0.05) is 0 Å². The van der Waals surface area contributed by atoms with Gasteiger partial charge < -0.3 is 0 Å². The average Bonchev–Trinajstić information content (AvgIpc) is 1.46. The van der Waals surface area contributed by atoms with Crippen molar-refractivity contribution >= 4 is 6.15 Å². The molecule has 0 aromatic carbocycles. The number of carbonyl (C=O) groups excluding carboxylic acids is 2. The minimum absolute atomic E-state index is 0.250. The van der Waals surface area contributed by atoms with E-state index < -0.39 is 0 Å². The molecule has 5 heavy (non-hydrogen) atoms. The normalized spacial score (nSPS) is 2.80. The van der Waals surface area contributed by atoms with Gasteiger partial charge in [0.1, 0.15) is 0 Å². The maximum absolute atomic E-state index is 8.75. The Bertz CT molecular complexity index is 28.6. The number of rotatable bonds is 0. The van der Waals surface area contributed by atoms with Crippen LogP contribution >= 0.6 is 0 Å². The van der Waals surface area contributed by atoms with E-state index >= 15 is 0 Å². The van der Waals surface area contributed by atoms with Gasteiger partial charge >= 0.3 is 6.15 Å². The van der Waals surface area contributed by atoms with Gasteiger partial charge in [-0.2, -0.15) is 9.59 Å². The van der Waals surface area contributed by atoms with Crippen LogP contribution in [-0.2, 0) is 9.59 Å². The molecule has 0 atom stereocenters. The van der Waals surface area contributed by atoms with Gasteiger partial charge in [0.2, 0.25) is 7.18 Å². The quantitative estimate of drug-likeness (QED) is 0.403. The molecular formula is C2FO2. The molecule has 0 aliphatic rings. The van der Waals surface area contributed by atoms with Gasteiger partial charge in [-0.15, -0.1) is 0 Å². The summed E-state index contributed by atoms with van der Waals surface area (Å²) in [6, 6.07) is 0. The molecule has 2 nitrogen and oxygen atoms in total. The third-order valence-corrected chi connectivity index (χ3v) is 0. The predicted octanol–water partition coefficient (Wildman–Crippen LogP) is -0.0820. The Kier molecular flexibility index (Phi) is 325. The van der Waals surface area contributed by atoms with Gasteiger partial charge in [-0.25, -0.2) is 4.39 Å². The lowest BCUT2D eigenvalue weighted by Crippen LogP contribution is -1.22. The highest BCUT2D eigenvalue weighted by molar-refractivity contribution is 5.20. The largest absolute Gasteiger partial charge is 0.373 e. The van der Waals surface area contributed by atoms with E-state index in [0.717, 1.165) is 0 Å². The molecule has 0 saturated heterocycles. The maximum atomic E-state index is 8.75. The van der Waals surface area contributed by atoms with E-state index in [1.54, 1.807) is 0 Å². The highest BCUT2D eigenvalue weighted by Gasteiger charge is 1.13. The molecule has 0 heterocycles. The Morgan fingerprint density at radius 2 is 1.40 bits per heavy atom. The molecule has 3 radical (unpaired) electrons. The van der Waals surface area contributed by atoms with Gasteiger partial charge in [0.05, 0.1) is 0 Å². The molecule has 0 bridgehead atoms. The summed E-state index contributed by atoms with van der Waals surface area (Å²) >= 11 is 0. The van der Waals surface area contributed by atoms with Crippen LogP contribution in [0.3, 0.4) is 0 Å². The first kappa shape index (κ1) is 8.85. The molecule has 0 rings (SSSR count). The van der Waals surface area contributed by atoms with Crippen LogP contribution in [0.4, 0.5) is 4.39 Å². The molecule has 0 saturated carbocycles. The van der Waals surface area contributed by atoms with Gasteiger partial charge in [0.15, 0.2) is 0 Å². The highest BCUT2D eigenvalue weighted by atomic mass is 19.1. The summed E-state index contributed by atoms with van der Waals surface area (Å²) in [5, 5.41) is 0. The summed E-state index contributed by atoms with van der Waals surface area (Å²) in [6.07, 6.45) is 0.250. The molecule has 0 aliphatic carbocycles. The van der Waals surface area contributed by atoms with Crippen molar-refractivity contribution in [1.29, 1.82) is 0 Å². The van der Waals surface area contributed by atoms with Gasteiger partial charge in [0.25, 0.3) is 0 Å². The van der Waals surface area contributed by atoms with Crippen molar-refractivity contribution in [3.63, 3.8) is 0 Å². The topological polar surface area (TPSA) is 34.1 Å². The van der Waals surface area contributed by atoms with E-state index in [2.05, 4.69) is 7.18 Å². The van der Waals surface area contributed by atoms with Crippen LogP contribution in [0.25, 0.3) is 0 Å². The van der Waals surface area contributed by atoms with Crippen LogP contribution in [0.1, 0.15) is 0 Å². The van der Waals surface area contributed by atoms with E-state index in [9.17, 15) is 0 Å². The van der Waals surface area contributed by atoms with Gasteiger partial charge in [-0.1, -0.05) is 0 Å². The number of halogens is 1. The Balaban J connectivity index is 0. The standard InChI is InChI=1S/CF.CO2/c1-2;2-1-3. The monoisotopic (exact) mass is 75.0 g/mol. The van der Waals surface area contributed by atoms with Crippen LogP contribution in [-0.4, -0.2) is 6.15 Å². The second-order valence-corrected chi connectivity index (χ2v) is 0.0833. The van der Waals surface area contributed by atoms with Gasteiger partial charge in [-0.3, -0.25) is 0 Å². The van der Waals surface area contributed by atoms with E-state index in [4.69, 9.17) is 14.0 Å². The molecule has 0 N–H and O–H groups in total. The third-order valence-electron chi connectivity index (χ3n) is 0. The lowest BCUT2D eigenvalue weighted by Gasteiger charge is -1.03. The zero-order valence-corrected chi connectivity index (χ0v) is 2.19. The number of hydrogen-bond donors (Lipinski definition) is 0. The first-order valence-electron chi connectivity index (χ1n) is 0.597. The molecule has 0 aliphatic heterocycles. The summed E-state index contributed by atoms with van der Waals surface area (Å²) in [5.41, 5.74) is 0. The van der Waals surface area contributed by atoms with E-state index in [-0.39, 0.29) is 6.15 Å². The molecular weight excluding hydrogens is 75.0 g/mol. The summed E-state index contributed by atoms with van der Waals surface area (Å²) in [6.45, 7) is 0. The fourth-order valence-electron chi connectivity index (χ4n) is 0. The molecule has 27 valence electrons. The van der Waals surface area contributed by atoms with E-state index in [1.807, 2.05) is 0 Å². The predicted molar refractivity (Wildman–Crippen MR) is 9.36 cm³/mol. The van der Waals surface area contributed by atoms with Crippen LogP contribution in [0.15, 0.2) is 0 Å². The van der Waals surface area contributed by atoms with Crippen molar-refractivity contribution in [1.82, 2.24) is 0 Å². The Morgan fingerprint density at radius 3 is 1.40 bits per heavy atom. The second kappa shape index (κ2) is 184. The minimum Gasteiger partial charge on any atom is -0.232 e. The first-order valence-corrected chi connectivity index (χ1v) is 0.597. The van der Waals surface area contributed by atoms with Crippen LogP contribution in [0.2, 0.25) is 0 Å². The fourth-order valence-corrected chi connectivity index (χ4v) is 0. The van der Waals surface area contributed by atoms with Gasteiger partial charge in [-0.05, 0) is 0 Å². The van der Waals surface area contributed by atoms with Crippen molar-refractivity contribution in [2.45, 2.75) is 0 Å². The smallest absolute Gasteiger partial charge is 0.232 e. The fraction of sp³-hybridized carbons (Fsp3) is 0. The second-order valence-electron chi connectivity index (χ2n) is 0.0833. The van der Waals surface area contributed by atoms with Crippen LogP contribution in [0, 0.1) is 7.18 Å². The zero-order chi connectivity index (χ0) is 4.71. The lowest BCUT2D eigenvalue weighted by molar-refractivity contribution is -0.191. The molecule has 0 aromatic heterocycles. The van der Waals surface area contributed by atoms with Crippen molar-refractivity contribution in [2.75, 3.05) is 0 Å². The lowest BCUT2D eigenvalue weighted by atomic mass is 11.8. The number of hydrogen-bond acceptors (Lipinski definition) is 2. The molecule has 0 unspecified atom stereocenters.